The largest absolute Gasteiger partial charge is 0.349 e. The average Bonchev–Trinajstić information content (AvgIpc) is 2.71. The van der Waals surface area contributed by atoms with Crippen LogP contribution in [0.1, 0.15) is 32.4 Å². The molecule has 0 radical (unpaired) electrons. The van der Waals surface area contributed by atoms with Gasteiger partial charge in [-0.2, -0.15) is 0 Å². The fraction of sp³-hybridized carbons (Fsp3) is 0.190. The van der Waals surface area contributed by atoms with Crippen molar-refractivity contribution in [1.82, 2.24) is 15.3 Å². The van der Waals surface area contributed by atoms with Crippen molar-refractivity contribution in [3.8, 4) is 0 Å². The zero-order valence-corrected chi connectivity index (χ0v) is 16.5. The molecule has 1 amide bonds. The highest BCUT2D eigenvalue weighted by Gasteiger charge is 2.31. The second-order valence-electron chi connectivity index (χ2n) is 6.51. The molecular weight excluding hydrogens is 374 g/mol. The second-order valence-corrected chi connectivity index (χ2v) is 8.61. The van der Waals surface area contributed by atoms with Crippen LogP contribution in [0.25, 0.3) is 0 Å². The quantitative estimate of drug-likeness (QED) is 0.693. The van der Waals surface area contributed by atoms with Crippen LogP contribution in [-0.4, -0.2) is 30.8 Å². The van der Waals surface area contributed by atoms with E-state index in [0.717, 1.165) is 5.56 Å². The molecule has 0 aliphatic rings. The molecule has 0 unspecified atom stereocenters. The number of benzene rings is 1. The Bertz CT molecular complexity index is 1070. The lowest BCUT2D eigenvalue weighted by atomic mass is 10.2. The van der Waals surface area contributed by atoms with E-state index in [1.165, 1.54) is 12.4 Å². The molecule has 0 bridgehead atoms. The van der Waals surface area contributed by atoms with Gasteiger partial charge in [0.05, 0.1) is 4.90 Å². The Hall–Kier alpha value is -3.06. The maximum Gasteiger partial charge on any atom is 0.269 e. The minimum atomic E-state index is -3.76. The van der Waals surface area contributed by atoms with Crippen molar-refractivity contribution in [2.24, 2.45) is 0 Å². The maximum absolute atomic E-state index is 13.5. The van der Waals surface area contributed by atoms with E-state index in [-0.39, 0.29) is 17.1 Å². The summed E-state index contributed by atoms with van der Waals surface area (Å²) in [6.07, 6.45) is 4.61. The average molecular weight is 395 g/mol. The van der Waals surface area contributed by atoms with E-state index >= 15 is 0 Å². The van der Waals surface area contributed by atoms with E-state index < -0.39 is 21.0 Å². The van der Waals surface area contributed by atoms with Crippen molar-refractivity contribution in [2.45, 2.75) is 24.0 Å². The van der Waals surface area contributed by atoms with Crippen LogP contribution in [0.2, 0.25) is 0 Å². The van der Waals surface area contributed by atoms with Gasteiger partial charge in [0.2, 0.25) is 0 Å². The van der Waals surface area contributed by atoms with Crippen molar-refractivity contribution in [3.63, 3.8) is 0 Å². The third-order valence-corrected chi connectivity index (χ3v) is 6.67. The molecule has 1 aromatic carbocycles. The Labute approximate surface area is 164 Å². The minimum absolute atomic E-state index is 0.0865. The Morgan fingerprint density at radius 3 is 2.57 bits per heavy atom. The first kappa shape index (κ1) is 19.7. The first-order chi connectivity index (χ1) is 13.4. The Balaban J connectivity index is 1.96. The predicted molar refractivity (Wildman–Crippen MR) is 107 cm³/mol. The first-order valence-corrected chi connectivity index (χ1v) is 10.3. The summed E-state index contributed by atoms with van der Waals surface area (Å²) in [7, 11) is -3.76. The summed E-state index contributed by atoms with van der Waals surface area (Å²) in [5.41, 5.74) is 2.27. The van der Waals surface area contributed by atoms with Crippen molar-refractivity contribution in [1.29, 1.82) is 0 Å². The fourth-order valence-electron chi connectivity index (χ4n) is 2.91. The predicted octanol–water partition coefficient (Wildman–Crippen LogP) is 3.04. The summed E-state index contributed by atoms with van der Waals surface area (Å²) >= 11 is 0. The molecule has 0 saturated carbocycles. The molecule has 0 aliphatic heterocycles. The highest BCUT2D eigenvalue weighted by Crippen LogP contribution is 2.30. The lowest BCUT2D eigenvalue weighted by molar-refractivity contribution is 0.0948. The molecule has 0 saturated heterocycles. The standard InChI is InChI=1S/C21H21N3O3S/c1-15-8-9-16(2)19(12-15)28(26,27)20(17-6-5-10-22-13-17)14-24-21(25)18-7-3-4-11-23-18/h3-13,20H,14H2,1-2H3,(H,24,25)/t20-/m0/s1. The van der Waals surface area contributed by atoms with Gasteiger partial charge in [0.15, 0.2) is 9.84 Å². The Kier molecular flexibility index (Phi) is 5.84. The van der Waals surface area contributed by atoms with Crippen LogP contribution < -0.4 is 5.32 Å². The first-order valence-electron chi connectivity index (χ1n) is 8.80. The van der Waals surface area contributed by atoms with Crippen LogP contribution in [0.4, 0.5) is 0 Å². The van der Waals surface area contributed by atoms with Gasteiger partial charge in [0.25, 0.3) is 5.91 Å². The normalized spacial score (nSPS) is 12.4. The number of hydrogen-bond acceptors (Lipinski definition) is 5. The van der Waals surface area contributed by atoms with E-state index in [0.29, 0.717) is 11.1 Å². The Morgan fingerprint density at radius 1 is 1.07 bits per heavy atom. The van der Waals surface area contributed by atoms with Crippen molar-refractivity contribution >= 4 is 15.7 Å². The van der Waals surface area contributed by atoms with Crippen molar-refractivity contribution < 1.29 is 13.2 Å². The molecule has 2 aromatic heterocycles. The summed E-state index contributed by atoms with van der Waals surface area (Å²) < 4.78 is 26.9. The smallest absolute Gasteiger partial charge is 0.269 e. The molecule has 3 rings (SSSR count). The molecular formula is C21H21N3O3S. The monoisotopic (exact) mass is 395 g/mol. The molecule has 0 aliphatic carbocycles. The van der Waals surface area contributed by atoms with E-state index in [9.17, 15) is 13.2 Å². The summed E-state index contributed by atoms with van der Waals surface area (Å²) in [5.74, 6) is -0.425. The zero-order chi connectivity index (χ0) is 20.1. The van der Waals surface area contributed by atoms with Crippen molar-refractivity contribution in [2.75, 3.05) is 6.54 Å². The van der Waals surface area contributed by atoms with Gasteiger partial charge >= 0.3 is 0 Å². The molecule has 2 heterocycles. The van der Waals surface area contributed by atoms with Crippen LogP contribution in [-0.2, 0) is 9.84 Å². The molecule has 7 heteroatoms. The number of pyridine rings is 2. The third-order valence-electron chi connectivity index (χ3n) is 4.43. The van der Waals surface area contributed by atoms with E-state index in [1.807, 2.05) is 13.0 Å². The number of aryl methyl sites for hydroxylation is 2. The number of aromatic nitrogens is 2. The van der Waals surface area contributed by atoms with E-state index in [2.05, 4.69) is 15.3 Å². The van der Waals surface area contributed by atoms with Gasteiger partial charge in [0, 0.05) is 25.1 Å². The number of rotatable bonds is 6. The molecule has 6 nitrogen and oxygen atoms in total. The molecule has 3 aromatic rings. The SMILES string of the molecule is Cc1ccc(C)c(S(=O)(=O)[C@@H](CNC(=O)c2ccccn2)c2cccnc2)c1. The second kappa shape index (κ2) is 8.31. The number of carbonyl (C=O) groups excluding carboxylic acids is 1. The van der Waals surface area contributed by atoms with Gasteiger partial charge < -0.3 is 5.32 Å². The van der Waals surface area contributed by atoms with Crippen molar-refractivity contribution in [3.05, 3.63) is 89.5 Å². The van der Waals surface area contributed by atoms with Crippen LogP contribution in [0.15, 0.2) is 72.0 Å². The van der Waals surface area contributed by atoms with Crippen LogP contribution in [0, 0.1) is 13.8 Å². The summed E-state index contributed by atoms with van der Waals surface area (Å²) in [4.78, 5) is 20.7. The van der Waals surface area contributed by atoms with Gasteiger partial charge in [-0.15, -0.1) is 0 Å². The number of hydrogen-bond donors (Lipinski definition) is 1. The molecule has 0 spiro atoms. The lowest BCUT2D eigenvalue weighted by Gasteiger charge is -2.20. The lowest BCUT2D eigenvalue weighted by Crippen LogP contribution is -2.32. The highest BCUT2D eigenvalue weighted by atomic mass is 32.2. The van der Waals surface area contributed by atoms with E-state index in [4.69, 9.17) is 0 Å². The summed E-state index contributed by atoms with van der Waals surface area (Å²) in [6.45, 7) is 3.52. The fourth-order valence-corrected chi connectivity index (χ4v) is 4.89. The van der Waals surface area contributed by atoms with Gasteiger partial charge in [-0.3, -0.25) is 14.8 Å². The number of nitrogens with one attached hydrogen (secondary N) is 1. The van der Waals surface area contributed by atoms with Crippen LogP contribution in [0.5, 0.6) is 0 Å². The summed E-state index contributed by atoms with van der Waals surface area (Å²) in [6, 6.07) is 13.7. The van der Waals surface area contributed by atoms with Crippen LogP contribution >= 0.6 is 0 Å². The Morgan fingerprint density at radius 2 is 1.89 bits per heavy atom. The number of nitrogens with zero attached hydrogens (tertiary/aromatic N) is 2. The van der Waals surface area contributed by atoms with Gasteiger partial charge in [0.1, 0.15) is 10.9 Å². The number of sulfone groups is 1. The van der Waals surface area contributed by atoms with Gasteiger partial charge in [-0.05, 0) is 54.8 Å². The topological polar surface area (TPSA) is 89.0 Å². The van der Waals surface area contributed by atoms with Crippen LogP contribution in [0.3, 0.4) is 0 Å². The molecule has 1 atom stereocenters. The maximum atomic E-state index is 13.5. The zero-order valence-electron chi connectivity index (χ0n) is 15.7. The number of carbonyl (C=O) groups is 1. The summed E-state index contributed by atoms with van der Waals surface area (Å²) in [5, 5.41) is 1.74. The van der Waals surface area contributed by atoms with Gasteiger partial charge in [-0.25, -0.2) is 8.42 Å². The van der Waals surface area contributed by atoms with Gasteiger partial charge in [-0.1, -0.05) is 24.3 Å². The molecule has 1 N–H and O–H groups in total. The molecule has 28 heavy (non-hydrogen) atoms. The number of amides is 1. The molecule has 0 fully saturated rings. The molecule has 144 valence electrons. The van der Waals surface area contributed by atoms with E-state index in [1.54, 1.807) is 55.6 Å². The highest BCUT2D eigenvalue weighted by molar-refractivity contribution is 7.91. The minimum Gasteiger partial charge on any atom is -0.349 e. The third kappa shape index (κ3) is 4.26.